The molecule has 2 aliphatic rings. The maximum atomic E-state index is 14.2. The van der Waals surface area contributed by atoms with E-state index in [1.165, 1.54) is 12.1 Å². The lowest BCUT2D eigenvalue weighted by molar-refractivity contribution is -0.130. The van der Waals surface area contributed by atoms with Crippen LogP contribution in [0.3, 0.4) is 0 Å². The Hall–Kier alpha value is -1.64. The van der Waals surface area contributed by atoms with Gasteiger partial charge in [0.1, 0.15) is 11.9 Å². The van der Waals surface area contributed by atoms with Crippen LogP contribution < -0.4 is 0 Å². The van der Waals surface area contributed by atoms with Crippen LogP contribution in [0, 0.1) is 17.1 Å². The maximum Gasteiger partial charge on any atom is 0.222 e. The van der Waals surface area contributed by atoms with Crippen LogP contribution in [-0.4, -0.2) is 41.4 Å². The lowest BCUT2D eigenvalue weighted by Gasteiger charge is -2.39. The molecule has 4 nitrogen and oxygen atoms in total. The van der Waals surface area contributed by atoms with Crippen molar-refractivity contribution in [2.45, 2.75) is 37.8 Å². The molecule has 2 saturated heterocycles. The predicted octanol–water partition coefficient (Wildman–Crippen LogP) is 3.13. The van der Waals surface area contributed by atoms with Gasteiger partial charge in [-0.05, 0) is 37.9 Å². The van der Waals surface area contributed by atoms with Gasteiger partial charge in [-0.15, -0.1) is 0 Å². The molecule has 2 fully saturated rings. The molecular weight excluding hydrogens is 317 g/mol. The minimum absolute atomic E-state index is 0.111. The van der Waals surface area contributed by atoms with Crippen LogP contribution in [0.25, 0.3) is 0 Å². The van der Waals surface area contributed by atoms with E-state index < -0.39 is 11.9 Å². The number of likely N-dealkylation sites (tertiary alicyclic amines) is 2. The zero-order chi connectivity index (χ0) is 16.4. The van der Waals surface area contributed by atoms with Crippen molar-refractivity contribution < 1.29 is 9.18 Å². The van der Waals surface area contributed by atoms with Crippen molar-refractivity contribution in [1.82, 2.24) is 9.80 Å². The van der Waals surface area contributed by atoms with Crippen LogP contribution in [0.4, 0.5) is 4.39 Å². The Bertz CT molecular complexity index is 625. The van der Waals surface area contributed by atoms with Gasteiger partial charge in [-0.2, -0.15) is 5.26 Å². The third-order valence-electron chi connectivity index (χ3n) is 4.74. The van der Waals surface area contributed by atoms with E-state index in [2.05, 4.69) is 6.07 Å². The van der Waals surface area contributed by atoms with Gasteiger partial charge in [0, 0.05) is 36.1 Å². The molecule has 1 aromatic rings. The number of rotatable bonds is 3. The largest absolute Gasteiger partial charge is 0.338 e. The molecule has 0 saturated carbocycles. The van der Waals surface area contributed by atoms with Crippen molar-refractivity contribution in [2.75, 3.05) is 19.6 Å². The van der Waals surface area contributed by atoms with Crippen molar-refractivity contribution in [3.63, 3.8) is 0 Å². The van der Waals surface area contributed by atoms with Crippen LogP contribution in [0.15, 0.2) is 18.2 Å². The van der Waals surface area contributed by atoms with Gasteiger partial charge in [0.2, 0.25) is 5.91 Å². The number of halogens is 2. The van der Waals surface area contributed by atoms with Gasteiger partial charge in [-0.1, -0.05) is 17.7 Å². The molecule has 2 heterocycles. The summed E-state index contributed by atoms with van der Waals surface area (Å²) >= 11 is 6.13. The number of carbonyl (C=O) groups excluding carboxylic acids is 1. The molecule has 0 aromatic heterocycles. The van der Waals surface area contributed by atoms with E-state index in [9.17, 15) is 14.4 Å². The van der Waals surface area contributed by atoms with Crippen LogP contribution in [0.2, 0.25) is 5.02 Å². The molecule has 2 atom stereocenters. The Morgan fingerprint density at radius 2 is 2.17 bits per heavy atom. The second kappa shape index (κ2) is 6.86. The lowest BCUT2D eigenvalue weighted by Crippen LogP contribution is -2.49. The summed E-state index contributed by atoms with van der Waals surface area (Å²) in [6.07, 6.45) is 3.33. The molecule has 23 heavy (non-hydrogen) atoms. The predicted molar refractivity (Wildman–Crippen MR) is 85.3 cm³/mol. The highest BCUT2D eigenvalue weighted by Gasteiger charge is 2.35. The number of nitriles is 1. The van der Waals surface area contributed by atoms with Crippen LogP contribution in [-0.2, 0) is 4.79 Å². The van der Waals surface area contributed by atoms with Gasteiger partial charge >= 0.3 is 0 Å². The summed E-state index contributed by atoms with van der Waals surface area (Å²) in [6.45, 7) is 2.09. The summed E-state index contributed by atoms with van der Waals surface area (Å²) < 4.78 is 14.2. The van der Waals surface area contributed by atoms with Gasteiger partial charge in [-0.3, -0.25) is 9.69 Å². The van der Waals surface area contributed by atoms with Crippen molar-refractivity contribution in [3.8, 4) is 6.07 Å². The second-order valence-corrected chi connectivity index (χ2v) is 6.56. The highest BCUT2D eigenvalue weighted by molar-refractivity contribution is 6.31. The van der Waals surface area contributed by atoms with Crippen molar-refractivity contribution in [1.29, 1.82) is 5.26 Å². The van der Waals surface area contributed by atoms with E-state index in [1.54, 1.807) is 6.07 Å². The van der Waals surface area contributed by atoms with Crippen molar-refractivity contribution in [2.24, 2.45) is 0 Å². The molecule has 0 bridgehead atoms. The molecule has 0 unspecified atom stereocenters. The van der Waals surface area contributed by atoms with Gasteiger partial charge in [0.05, 0.1) is 6.07 Å². The Kier molecular flexibility index (Phi) is 4.84. The topological polar surface area (TPSA) is 47.3 Å². The Morgan fingerprint density at radius 1 is 1.35 bits per heavy atom. The molecule has 0 N–H and O–H groups in total. The molecule has 1 amide bonds. The molecule has 6 heteroatoms. The first-order valence-corrected chi connectivity index (χ1v) is 8.36. The first kappa shape index (κ1) is 16.2. The van der Waals surface area contributed by atoms with Gasteiger partial charge in [-0.25, -0.2) is 4.39 Å². The SMILES string of the molecule is N#C[C@H](c1c(F)cccc1Cl)N1CCC[C@@H](N2CCCC2=O)C1. The Labute approximate surface area is 140 Å². The number of benzene rings is 1. The third-order valence-corrected chi connectivity index (χ3v) is 5.07. The highest BCUT2D eigenvalue weighted by Crippen LogP contribution is 2.32. The maximum absolute atomic E-state index is 14.2. The van der Waals surface area contributed by atoms with E-state index in [-0.39, 0.29) is 22.5 Å². The van der Waals surface area contributed by atoms with E-state index >= 15 is 0 Å². The summed E-state index contributed by atoms with van der Waals surface area (Å²) in [6, 6.07) is 6.06. The summed E-state index contributed by atoms with van der Waals surface area (Å²) in [5, 5.41) is 9.86. The highest BCUT2D eigenvalue weighted by atomic mass is 35.5. The molecule has 1 aromatic carbocycles. The van der Waals surface area contributed by atoms with Crippen molar-refractivity contribution >= 4 is 17.5 Å². The number of hydrogen-bond acceptors (Lipinski definition) is 3. The number of piperidine rings is 1. The zero-order valence-electron chi connectivity index (χ0n) is 12.8. The Balaban J connectivity index is 1.82. The average molecular weight is 336 g/mol. The van der Waals surface area contributed by atoms with Gasteiger partial charge in [0.15, 0.2) is 0 Å². The second-order valence-electron chi connectivity index (χ2n) is 6.15. The summed E-state index contributed by atoms with van der Waals surface area (Å²) in [7, 11) is 0. The fraction of sp³-hybridized carbons (Fsp3) is 0.529. The van der Waals surface area contributed by atoms with E-state index in [1.807, 2.05) is 9.80 Å². The lowest BCUT2D eigenvalue weighted by atomic mass is 9.99. The molecule has 3 rings (SSSR count). The molecule has 0 spiro atoms. The summed E-state index contributed by atoms with van der Waals surface area (Å²) in [5.74, 6) is -0.266. The average Bonchev–Trinajstić information content (AvgIpc) is 2.97. The van der Waals surface area contributed by atoms with Crippen LogP contribution in [0.5, 0.6) is 0 Å². The summed E-state index contributed by atoms with van der Waals surface area (Å²) in [4.78, 5) is 15.8. The monoisotopic (exact) mass is 335 g/mol. The fourth-order valence-corrected chi connectivity index (χ4v) is 3.89. The number of nitrogens with zero attached hydrogens (tertiary/aromatic N) is 3. The zero-order valence-corrected chi connectivity index (χ0v) is 13.6. The minimum Gasteiger partial charge on any atom is -0.338 e. The smallest absolute Gasteiger partial charge is 0.222 e. The number of hydrogen-bond donors (Lipinski definition) is 0. The van der Waals surface area contributed by atoms with E-state index in [4.69, 9.17) is 11.6 Å². The third kappa shape index (κ3) is 3.19. The Morgan fingerprint density at radius 3 is 2.83 bits per heavy atom. The van der Waals surface area contributed by atoms with E-state index in [0.29, 0.717) is 19.5 Å². The molecule has 0 aliphatic carbocycles. The van der Waals surface area contributed by atoms with Crippen LogP contribution in [0.1, 0.15) is 37.3 Å². The number of carbonyl (C=O) groups is 1. The van der Waals surface area contributed by atoms with Gasteiger partial charge in [0.25, 0.3) is 0 Å². The number of amides is 1. The quantitative estimate of drug-likeness (QED) is 0.852. The normalized spacial score (nSPS) is 23.8. The standard InChI is InChI=1S/C17H19ClFN3O/c18-13-5-1-6-14(19)17(13)15(10-20)21-8-2-4-12(11-21)22-9-3-7-16(22)23/h1,5-6,12,15H,2-4,7-9,11H2/t12-,15-/m1/s1. The van der Waals surface area contributed by atoms with E-state index in [0.717, 1.165) is 25.8 Å². The minimum atomic E-state index is -0.718. The molecule has 2 aliphatic heterocycles. The molecule has 122 valence electrons. The van der Waals surface area contributed by atoms with Gasteiger partial charge < -0.3 is 4.90 Å². The first-order valence-electron chi connectivity index (χ1n) is 7.99. The summed E-state index contributed by atoms with van der Waals surface area (Å²) in [5.41, 5.74) is 0.241. The molecular formula is C17H19ClFN3O. The molecule has 0 radical (unpaired) electrons. The first-order chi connectivity index (χ1) is 11.1. The fourth-order valence-electron chi connectivity index (χ4n) is 3.63. The van der Waals surface area contributed by atoms with Crippen molar-refractivity contribution in [3.05, 3.63) is 34.6 Å². The van der Waals surface area contributed by atoms with Crippen LogP contribution >= 0.6 is 11.6 Å².